The topological polar surface area (TPSA) is 49.7 Å². The summed E-state index contributed by atoms with van der Waals surface area (Å²) in [5.74, 6) is 0. The first-order valence-corrected chi connectivity index (χ1v) is 5.62. The summed E-state index contributed by atoms with van der Waals surface area (Å²) in [7, 11) is 0.229. The molecule has 10 heavy (non-hydrogen) atoms. The summed E-state index contributed by atoms with van der Waals surface area (Å²) in [5.41, 5.74) is 0. The summed E-state index contributed by atoms with van der Waals surface area (Å²) in [5, 5.41) is 0. The lowest BCUT2D eigenvalue weighted by molar-refractivity contribution is 0.600. The monoisotopic (exact) mass is 276 g/mol. The Bertz CT molecular complexity index is 209. The van der Waals surface area contributed by atoms with Crippen LogP contribution in [0.5, 0.6) is 0 Å². The smallest absolute Gasteiger partial charge is 0.263 e. The molecule has 0 aliphatic rings. The second-order valence-corrected chi connectivity index (χ2v) is 5.34. The molecular weight excluding hydrogens is 267 g/mol. The molecule has 0 bridgehead atoms. The first-order chi connectivity index (χ1) is 4.48. The highest BCUT2D eigenvalue weighted by atomic mass is 127. The van der Waals surface area contributed by atoms with E-state index in [4.69, 9.17) is 0 Å². The van der Waals surface area contributed by atoms with Crippen molar-refractivity contribution >= 4 is 39.0 Å². The number of hydrogen-bond donors (Lipinski definition) is 0. The van der Waals surface area contributed by atoms with E-state index in [-0.39, 0.29) is 3.76 Å². The van der Waals surface area contributed by atoms with E-state index >= 15 is 0 Å². The molecule has 0 spiro atoms. The summed E-state index contributed by atoms with van der Waals surface area (Å²) in [6.45, 7) is 0. The molecular formula is C4H9IN2O2S. The van der Waals surface area contributed by atoms with Crippen LogP contribution in [0.4, 0.5) is 0 Å². The largest absolute Gasteiger partial charge is 0.368 e. The Balaban J connectivity index is 4.15. The van der Waals surface area contributed by atoms with Gasteiger partial charge in [-0.2, -0.15) is 4.40 Å². The Morgan fingerprint density at radius 1 is 1.60 bits per heavy atom. The van der Waals surface area contributed by atoms with Gasteiger partial charge in [-0.25, -0.2) is 8.42 Å². The standard InChI is InChI=1S/C4H9IN2O2S/c1-7(2)4-6-10(8,9)3-5/h4H,3H2,1-2H3/b6-4+. The zero-order valence-electron chi connectivity index (χ0n) is 5.78. The molecule has 60 valence electrons. The van der Waals surface area contributed by atoms with Crippen LogP contribution in [0.3, 0.4) is 0 Å². The third-order valence-electron chi connectivity index (χ3n) is 0.577. The van der Waals surface area contributed by atoms with Gasteiger partial charge in [0.2, 0.25) is 0 Å². The van der Waals surface area contributed by atoms with Crippen molar-refractivity contribution in [3.05, 3.63) is 0 Å². The minimum Gasteiger partial charge on any atom is -0.368 e. The molecule has 0 aliphatic heterocycles. The van der Waals surface area contributed by atoms with Gasteiger partial charge in [-0.1, -0.05) is 22.6 Å². The Morgan fingerprint density at radius 2 is 2.10 bits per heavy atom. The highest BCUT2D eigenvalue weighted by Gasteiger charge is 2.01. The third-order valence-corrected chi connectivity index (χ3v) is 3.63. The van der Waals surface area contributed by atoms with Crippen LogP contribution in [0.2, 0.25) is 0 Å². The highest BCUT2D eigenvalue weighted by Crippen LogP contribution is 1.96. The van der Waals surface area contributed by atoms with Gasteiger partial charge in [0.1, 0.15) is 10.1 Å². The number of sulfonamides is 1. The van der Waals surface area contributed by atoms with Crippen LogP contribution < -0.4 is 0 Å². The van der Waals surface area contributed by atoms with Gasteiger partial charge in [0.25, 0.3) is 10.0 Å². The zero-order chi connectivity index (χ0) is 8.20. The van der Waals surface area contributed by atoms with E-state index in [9.17, 15) is 8.42 Å². The van der Waals surface area contributed by atoms with Gasteiger partial charge >= 0.3 is 0 Å². The lowest BCUT2D eigenvalue weighted by Crippen LogP contribution is -2.10. The van der Waals surface area contributed by atoms with Gasteiger partial charge in [-0.05, 0) is 0 Å². The number of hydrogen-bond acceptors (Lipinski definition) is 2. The van der Waals surface area contributed by atoms with Crippen molar-refractivity contribution in [2.45, 2.75) is 0 Å². The van der Waals surface area contributed by atoms with Gasteiger partial charge in [0, 0.05) is 14.1 Å². The maximum atomic E-state index is 10.7. The van der Waals surface area contributed by atoms with Crippen LogP contribution in [0.1, 0.15) is 0 Å². The average Bonchev–Trinajstić information content (AvgIpc) is 1.85. The Morgan fingerprint density at radius 3 is 2.40 bits per heavy atom. The van der Waals surface area contributed by atoms with Crippen LogP contribution in [-0.2, 0) is 10.0 Å². The summed E-state index contributed by atoms with van der Waals surface area (Å²) >= 11 is 1.76. The van der Waals surface area contributed by atoms with Crippen molar-refractivity contribution < 1.29 is 8.42 Å². The summed E-state index contributed by atoms with van der Waals surface area (Å²) in [4.78, 5) is 1.57. The van der Waals surface area contributed by atoms with Crippen molar-refractivity contribution in [2.75, 3.05) is 17.9 Å². The summed E-state index contributed by atoms with van der Waals surface area (Å²) in [6, 6.07) is 0. The van der Waals surface area contributed by atoms with Crippen LogP contribution in [0.25, 0.3) is 0 Å². The minimum absolute atomic E-state index is 0.0229. The Labute approximate surface area is 74.5 Å². The molecule has 0 saturated heterocycles. The van der Waals surface area contributed by atoms with E-state index in [0.29, 0.717) is 0 Å². The molecule has 0 fully saturated rings. The number of nitrogens with zero attached hydrogens (tertiary/aromatic N) is 2. The second-order valence-electron chi connectivity index (χ2n) is 1.88. The van der Waals surface area contributed by atoms with Crippen molar-refractivity contribution in [2.24, 2.45) is 4.40 Å². The highest BCUT2D eigenvalue weighted by molar-refractivity contribution is 14.1. The normalized spacial score (nSPS) is 12.3. The fourth-order valence-corrected chi connectivity index (χ4v) is 1.07. The average molecular weight is 276 g/mol. The first kappa shape index (κ1) is 10.2. The quantitative estimate of drug-likeness (QED) is 0.322. The van der Waals surface area contributed by atoms with Crippen molar-refractivity contribution in [1.82, 2.24) is 4.90 Å². The fourth-order valence-electron chi connectivity index (χ4n) is 0.194. The van der Waals surface area contributed by atoms with Crippen LogP contribution >= 0.6 is 22.6 Å². The second kappa shape index (κ2) is 4.12. The minimum atomic E-state index is -3.20. The third kappa shape index (κ3) is 4.98. The van der Waals surface area contributed by atoms with E-state index in [0.717, 1.165) is 0 Å². The Hall–Kier alpha value is 0.150. The SMILES string of the molecule is CN(C)/C=N/S(=O)(=O)CI. The number of rotatable bonds is 3. The molecule has 0 aromatic heterocycles. The lowest BCUT2D eigenvalue weighted by atomic mass is 11.0. The van der Waals surface area contributed by atoms with E-state index in [1.54, 1.807) is 41.6 Å². The molecule has 4 nitrogen and oxygen atoms in total. The predicted octanol–water partition coefficient (Wildman–Crippen LogP) is 0.299. The summed E-state index contributed by atoms with van der Waals surface area (Å²) < 4.78 is 24.7. The van der Waals surface area contributed by atoms with Crippen molar-refractivity contribution in [3.8, 4) is 0 Å². The maximum absolute atomic E-state index is 10.7. The van der Waals surface area contributed by atoms with Crippen LogP contribution in [0.15, 0.2) is 4.40 Å². The van der Waals surface area contributed by atoms with Gasteiger partial charge < -0.3 is 4.90 Å². The lowest BCUT2D eigenvalue weighted by Gasteiger charge is -2.00. The van der Waals surface area contributed by atoms with Crippen LogP contribution in [-0.4, -0.2) is 37.5 Å². The van der Waals surface area contributed by atoms with E-state index in [1.807, 2.05) is 0 Å². The molecule has 0 saturated carbocycles. The molecule has 0 atom stereocenters. The molecule has 0 amide bonds. The van der Waals surface area contributed by atoms with Gasteiger partial charge in [-0.3, -0.25) is 0 Å². The fraction of sp³-hybridized carbons (Fsp3) is 0.750. The predicted molar refractivity (Wildman–Crippen MR) is 50.0 cm³/mol. The molecule has 0 aromatic carbocycles. The van der Waals surface area contributed by atoms with Crippen LogP contribution in [0, 0.1) is 0 Å². The number of halogens is 1. The molecule has 0 unspecified atom stereocenters. The van der Waals surface area contributed by atoms with E-state index in [1.165, 1.54) is 6.34 Å². The summed E-state index contributed by atoms with van der Waals surface area (Å²) in [6.07, 6.45) is 1.27. The van der Waals surface area contributed by atoms with Crippen molar-refractivity contribution in [1.29, 1.82) is 0 Å². The van der Waals surface area contributed by atoms with Crippen molar-refractivity contribution in [3.63, 3.8) is 0 Å². The molecule has 0 aliphatic carbocycles. The molecule has 0 aromatic rings. The number of alkyl halides is 1. The zero-order valence-corrected chi connectivity index (χ0v) is 8.76. The molecule has 0 radical (unpaired) electrons. The molecule has 6 heteroatoms. The molecule has 0 heterocycles. The van der Waals surface area contributed by atoms with Gasteiger partial charge in [0.05, 0.1) is 0 Å². The first-order valence-electron chi connectivity index (χ1n) is 2.48. The molecule has 0 rings (SSSR count). The van der Waals surface area contributed by atoms with Gasteiger partial charge in [0.15, 0.2) is 0 Å². The molecule has 0 N–H and O–H groups in total. The van der Waals surface area contributed by atoms with Gasteiger partial charge in [-0.15, -0.1) is 0 Å². The Kier molecular flexibility index (Phi) is 4.18. The van der Waals surface area contributed by atoms with E-state index < -0.39 is 10.0 Å². The maximum Gasteiger partial charge on any atom is 0.263 e. The van der Waals surface area contributed by atoms with E-state index in [2.05, 4.69) is 4.40 Å².